The molecule has 122 valence electrons. The topological polar surface area (TPSA) is 46.3 Å². The fraction of sp³-hybridized carbons (Fsp3) is 0.944. The van der Waals surface area contributed by atoms with Crippen LogP contribution < -0.4 is 5.73 Å². The van der Waals surface area contributed by atoms with Crippen LogP contribution in [0, 0.1) is 17.3 Å². The average molecular weight is 294 g/mol. The molecule has 1 heterocycles. The number of amides is 1. The van der Waals surface area contributed by atoms with Crippen LogP contribution in [-0.4, -0.2) is 29.4 Å². The Kier molecular flexibility index (Phi) is 5.34. The highest BCUT2D eigenvalue weighted by atomic mass is 16.2. The molecule has 1 amide bonds. The van der Waals surface area contributed by atoms with E-state index in [1.165, 1.54) is 25.7 Å². The van der Waals surface area contributed by atoms with Crippen molar-refractivity contribution in [3.8, 4) is 0 Å². The lowest BCUT2D eigenvalue weighted by Crippen LogP contribution is -2.54. The van der Waals surface area contributed by atoms with E-state index >= 15 is 0 Å². The van der Waals surface area contributed by atoms with Gasteiger partial charge in [0.2, 0.25) is 5.91 Å². The van der Waals surface area contributed by atoms with Gasteiger partial charge in [0.1, 0.15) is 0 Å². The van der Waals surface area contributed by atoms with Crippen molar-refractivity contribution in [1.82, 2.24) is 4.90 Å². The Labute approximate surface area is 130 Å². The molecule has 1 saturated carbocycles. The third-order valence-corrected chi connectivity index (χ3v) is 6.43. The van der Waals surface area contributed by atoms with E-state index in [2.05, 4.69) is 32.6 Å². The van der Waals surface area contributed by atoms with Crippen LogP contribution in [0.5, 0.6) is 0 Å². The van der Waals surface area contributed by atoms with Gasteiger partial charge in [0.15, 0.2) is 0 Å². The normalized spacial score (nSPS) is 37.1. The number of nitrogens with zero attached hydrogens (tertiary/aromatic N) is 1. The van der Waals surface area contributed by atoms with Crippen molar-refractivity contribution in [1.29, 1.82) is 0 Å². The van der Waals surface area contributed by atoms with Crippen molar-refractivity contribution in [2.75, 3.05) is 6.54 Å². The molecule has 0 radical (unpaired) electrons. The Bertz CT molecular complexity index is 366. The van der Waals surface area contributed by atoms with Gasteiger partial charge < -0.3 is 10.6 Å². The van der Waals surface area contributed by atoms with E-state index in [0.29, 0.717) is 17.9 Å². The van der Waals surface area contributed by atoms with Gasteiger partial charge in [0.05, 0.1) is 0 Å². The Morgan fingerprint density at radius 3 is 2.57 bits per heavy atom. The number of rotatable bonds is 2. The van der Waals surface area contributed by atoms with E-state index in [-0.39, 0.29) is 17.4 Å². The first-order chi connectivity index (χ1) is 9.89. The van der Waals surface area contributed by atoms with Crippen LogP contribution in [0.2, 0.25) is 0 Å². The van der Waals surface area contributed by atoms with Crippen molar-refractivity contribution in [2.24, 2.45) is 23.0 Å². The Balaban J connectivity index is 2.17. The van der Waals surface area contributed by atoms with Crippen LogP contribution in [0.1, 0.15) is 72.6 Å². The fourth-order valence-electron chi connectivity index (χ4n) is 4.38. The summed E-state index contributed by atoms with van der Waals surface area (Å²) in [6.07, 6.45) is 7.95. The number of carbonyl (C=O) groups excluding carboxylic acids is 1. The second-order valence-corrected chi connectivity index (χ2v) is 7.85. The number of hydrogen-bond acceptors (Lipinski definition) is 2. The number of nitrogens with two attached hydrogens (primary N) is 1. The quantitative estimate of drug-likeness (QED) is 0.846. The zero-order valence-corrected chi connectivity index (χ0v) is 14.4. The van der Waals surface area contributed by atoms with Gasteiger partial charge in [-0.1, -0.05) is 40.5 Å². The van der Waals surface area contributed by atoms with Gasteiger partial charge in [0.25, 0.3) is 0 Å². The molecule has 4 unspecified atom stereocenters. The summed E-state index contributed by atoms with van der Waals surface area (Å²) in [5, 5.41) is 0. The molecule has 4 atom stereocenters. The molecule has 3 nitrogen and oxygen atoms in total. The van der Waals surface area contributed by atoms with Crippen LogP contribution in [0.4, 0.5) is 0 Å². The maximum atomic E-state index is 13.2. The predicted octanol–water partition coefficient (Wildman–Crippen LogP) is 3.57. The van der Waals surface area contributed by atoms with Crippen LogP contribution in [-0.2, 0) is 4.79 Å². The van der Waals surface area contributed by atoms with E-state index < -0.39 is 0 Å². The first-order valence-corrected chi connectivity index (χ1v) is 8.95. The van der Waals surface area contributed by atoms with E-state index in [4.69, 9.17) is 5.73 Å². The zero-order chi connectivity index (χ0) is 15.6. The minimum absolute atomic E-state index is 0.0132. The molecule has 2 N–H and O–H groups in total. The van der Waals surface area contributed by atoms with Crippen LogP contribution in [0.15, 0.2) is 0 Å². The van der Waals surface area contributed by atoms with Crippen molar-refractivity contribution in [2.45, 2.75) is 84.7 Å². The third-order valence-electron chi connectivity index (χ3n) is 6.43. The Morgan fingerprint density at radius 1 is 1.19 bits per heavy atom. The number of carbonyl (C=O) groups is 1. The Hall–Kier alpha value is -0.570. The van der Waals surface area contributed by atoms with Crippen LogP contribution in [0.3, 0.4) is 0 Å². The molecule has 3 heteroatoms. The first kappa shape index (κ1) is 16.8. The molecular weight excluding hydrogens is 260 g/mol. The molecule has 0 aromatic rings. The van der Waals surface area contributed by atoms with Crippen LogP contribution >= 0.6 is 0 Å². The maximum Gasteiger partial charge on any atom is 0.226 e. The molecule has 2 fully saturated rings. The monoisotopic (exact) mass is 294 g/mol. The van der Waals surface area contributed by atoms with Gasteiger partial charge in [-0.05, 0) is 43.4 Å². The SMILES string of the molecule is CCC1CCCCCN1C(=O)C1CCC(N)C(C)C1(C)C. The van der Waals surface area contributed by atoms with E-state index in [9.17, 15) is 4.79 Å². The summed E-state index contributed by atoms with van der Waals surface area (Å²) in [7, 11) is 0. The van der Waals surface area contributed by atoms with Gasteiger partial charge in [0, 0.05) is 24.5 Å². The maximum absolute atomic E-state index is 13.2. The molecule has 1 aliphatic carbocycles. The minimum Gasteiger partial charge on any atom is -0.339 e. The Morgan fingerprint density at radius 2 is 1.90 bits per heavy atom. The summed E-state index contributed by atoms with van der Waals surface area (Å²) in [5.41, 5.74) is 6.26. The van der Waals surface area contributed by atoms with E-state index in [0.717, 1.165) is 25.8 Å². The van der Waals surface area contributed by atoms with E-state index in [1.54, 1.807) is 0 Å². The number of likely N-dealkylation sites (tertiary alicyclic amines) is 1. The lowest BCUT2D eigenvalue weighted by molar-refractivity contribution is -0.146. The van der Waals surface area contributed by atoms with Crippen LogP contribution in [0.25, 0.3) is 0 Å². The van der Waals surface area contributed by atoms with Crippen molar-refractivity contribution in [3.63, 3.8) is 0 Å². The molecular formula is C18H34N2O. The lowest BCUT2D eigenvalue weighted by Gasteiger charge is -2.48. The van der Waals surface area contributed by atoms with Gasteiger partial charge in [-0.3, -0.25) is 4.79 Å². The molecule has 2 rings (SSSR count). The van der Waals surface area contributed by atoms with Crippen molar-refractivity contribution >= 4 is 5.91 Å². The van der Waals surface area contributed by atoms with Crippen molar-refractivity contribution < 1.29 is 4.79 Å². The highest BCUT2D eigenvalue weighted by Gasteiger charge is 2.46. The second-order valence-electron chi connectivity index (χ2n) is 7.85. The first-order valence-electron chi connectivity index (χ1n) is 8.95. The summed E-state index contributed by atoms with van der Waals surface area (Å²) in [6, 6.07) is 0.705. The summed E-state index contributed by atoms with van der Waals surface area (Å²) in [5.74, 6) is 0.971. The standard InChI is InChI=1S/C18H34N2O/c1-5-14-9-7-6-8-12-20(14)17(21)15-10-11-16(19)13(2)18(15,3)4/h13-16H,5-12,19H2,1-4H3. The molecule has 0 bridgehead atoms. The summed E-state index contributed by atoms with van der Waals surface area (Å²) >= 11 is 0. The fourth-order valence-corrected chi connectivity index (χ4v) is 4.38. The smallest absolute Gasteiger partial charge is 0.226 e. The second kappa shape index (κ2) is 6.68. The highest BCUT2D eigenvalue weighted by molar-refractivity contribution is 5.80. The molecule has 0 aromatic heterocycles. The summed E-state index contributed by atoms with van der Waals surface area (Å²) in [6.45, 7) is 9.91. The molecule has 1 saturated heterocycles. The van der Waals surface area contributed by atoms with Gasteiger partial charge >= 0.3 is 0 Å². The number of hydrogen-bond donors (Lipinski definition) is 1. The molecule has 21 heavy (non-hydrogen) atoms. The van der Waals surface area contributed by atoms with Crippen molar-refractivity contribution in [3.05, 3.63) is 0 Å². The summed E-state index contributed by atoms with van der Waals surface area (Å²) in [4.78, 5) is 15.5. The molecule has 1 aliphatic heterocycles. The van der Waals surface area contributed by atoms with Gasteiger partial charge in [-0.15, -0.1) is 0 Å². The highest BCUT2D eigenvalue weighted by Crippen LogP contribution is 2.45. The average Bonchev–Trinajstić information content (AvgIpc) is 2.69. The van der Waals surface area contributed by atoms with Gasteiger partial charge in [-0.2, -0.15) is 0 Å². The minimum atomic E-state index is 0.0132. The molecule has 0 spiro atoms. The van der Waals surface area contributed by atoms with Gasteiger partial charge in [-0.25, -0.2) is 0 Å². The zero-order valence-electron chi connectivity index (χ0n) is 14.4. The molecule has 2 aliphatic rings. The molecule has 0 aromatic carbocycles. The third kappa shape index (κ3) is 3.28. The summed E-state index contributed by atoms with van der Waals surface area (Å²) < 4.78 is 0. The predicted molar refractivity (Wildman–Crippen MR) is 87.9 cm³/mol. The van der Waals surface area contributed by atoms with E-state index in [1.807, 2.05) is 0 Å². The lowest BCUT2D eigenvalue weighted by atomic mass is 9.60. The largest absolute Gasteiger partial charge is 0.339 e.